The summed E-state index contributed by atoms with van der Waals surface area (Å²) >= 11 is 0. The first-order valence-corrected chi connectivity index (χ1v) is 7.69. The fourth-order valence-electron chi connectivity index (χ4n) is 2.19. The molecule has 1 N–H and O–H groups in total. The molecule has 0 aliphatic heterocycles. The minimum absolute atomic E-state index is 0.0408. The van der Waals surface area contributed by atoms with Crippen LogP contribution in [0.15, 0.2) is 42.6 Å². The number of benzene rings is 1. The van der Waals surface area contributed by atoms with Gasteiger partial charge >= 0.3 is 6.18 Å². The summed E-state index contributed by atoms with van der Waals surface area (Å²) in [5.41, 5.74) is 0.943. The molecule has 0 bridgehead atoms. The lowest BCUT2D eigenvalue weighted by atomic mass is 10.2. The van der Waals surface area contributed by atoms with Gasteiger partial charge in [0.1, 0.15) is 12.2 Å². The maximum atomic E-state index is 12.9. The molecule has 0 aliphatic rings. The van der Waals surface area contributed by atoms with Crippen LogP contribution in [0, 0.1) is 6.92 Å². The lowest BCUT2D eigenvalue weighted by Gasteiger charge is -2.12. The first-order valence-electron chi connectivity index (χ1n) is 7.69. The fourth-order valence-corrected chi connectivity index (χ4v) is 2.19. The maximum absolute atomic E-state index is 12.9. The second kappa shape index (κ2) is 7.38. The number of aromatic nitrogens is 5. The minimum Gasteiger partial charge on any atom is -0.475 e. The van der Waals surface area contributed by atoms with Gasteiger partial charge < -0.3 is 10.1 Å². The predicted molar refractivity (Wildman–Crippen MR) is 87.1 cm³/mol. The van der Waals surface area contributed by atoms with Crippen LogP contribution in [-0.4, -0.2) is 38.3 Å². The van der Waals surface area contributed by atoms with Crippen LogP contribution in [0.25, 0.3) is 5.69 Å². The summed E-state index contributed by atoms with van der Waals surface area (Å²) in [5, 5.41) is 14.3. The fraction of sp³-hybridized carbons (Fsp3) is 0.250. The SMILES string of the molecule is Cc1ccc(-n2nnnc2NCCOc2ncccc2C(F)(F)F)cc1. The van der Waals surface area contributed by atoms with Crippen LogP contribution in [-0.2, 0) is 6.18 Å². The van der Waals surface area contributed by atoms with Crippen molar-refractivity contribution in [3.63, 3.8) is 0 Å². The van der Waals surface area contributed by atoms with E-state index < -0.39 is 17.6 Å². The Morgan fingerprint density at radius 1 is 1.15 bits per heavy atom. The Morgan fingerprint density at radius 2 is 1.92 bits per heavy atom. The third-order valence-corrected chi connectivity index (χ3v) is 3.45. The Morgan fingerprint density at radius 3 is 2.65 bits per heavy atom. The van der Waals surface area contributed by atoms with Gasteiger partial charge in [-0.15, -0.1) is 0 Å². The Bertz CT molecular complexity index is 863. The topological polar surface area (TPSA) is 77.8 Å². The molecular weight excluding hydrogens is 349 g/mol. The summed E-state index contributed by atoms with van der Waals surface area (Å²) in [4.78, 5) is 3.64. The number of nitrogens with one attached hydrogen (secondary N) is 1. The van der Waals surface area contributed by atoms with E-state index in [0.29, 0.717) is 5.95 Å². The molecule has 3 rings (SSSR count). The third kappa shape index (κ3) is 4.08. The van der Waals surface area contributed by atoms with E-state index in [-0.39, 0.29) is 13.2 Å². The van der Waals surface area contributed by atoms with Crippen LogP contribution < -0.4 is 10.1 Å². The zero-order chi connectivity index (χ0) is 18.6. The molecule has 10 heteroatoms. The van der Waals surface area contributed by atoms with Crippen LogP contribution in [0.4, 0.5) is 19.1 Å². The number of hydrogen-bond donors (Lipinski definition) is 1. The average Bonchev–Trinajstić information content (AvgIpc) is 3.07. The van der Waals surface area contributed by atoms with Crippen molar-refractivity contribution >= 4 is 5.95 Å². The van der Waals surface area contributed by atoms with Crippen LogP contribution in [0.5, 0.6) is 5.88 Å². The summed E-state index contributed by atoms with van der Waals surface area (Å²) in [7, 11) is 0. The Labute approximate surface area is 146 Å². The molecule has 0 fully saturated rings. The summed E-state index contributed by atoms with van der Waals surface area (Å²) in [6.45, 7) is 2.12. The van der Waals surface area contributed by atoms with Gasteiger partial charge in [-0.25, -0.2) is 4.98 Å². The van der Waals surface area contributed by atoms with Crippen molar-refractivity contribution in [1.29, 1.82) is 0 Å². The highest BCUT2D eigenvalue weighted by molar-refractivity contribution is 5.39. The van der Waals surface area contributed by atoms with Crippen molar-refractivity contribution in [2.75, 3.05) is 18.5 Å². The summed E-state index contributed by atoms with van der Waals surface area (Å²) in [6.07, 6.45) is -3.28. The van der Waals surface area contributed by atoms with Crippen molar-refractivity contribution in [1.82, 2.24) is 25.2 Å². The van der Waals surface area contributed by atoms with Crippen molar-refractivity contribution in [3.05, 3.63) is 53.7 Å². The molecule has 136 valence electrons. The van der Waals surface area contributed by atoms with E-state index in [9.17, 15) is 13.2 Å². The highest BCUT2D eigenvalue weighted by Crippen LogP contribution is 2.34. The molecule has 0 amide bonds. The van der Waals surface area contributed by atoms with E-state index in [1.165, 1.54) is 16.9 Å². The van der Waals surface area contributed by atoms with E-state index in [4.69, 9.17) is 4.74 Å². The molecule has 26 heavy (non-hydrogen) atoms. The molecule has 2 heterocycles. The van der Waals surface area contributed by atoms with Crippen LogP contribution in [0.1, 0.15) is 11.1 Å². The highest BCUT2D eigenvalue weighted by Gasteiger charge is 2.34. The first kappa shape index (κ1) is 17.6. The Hall–Kier alpha value is -3.17. The second-order valence-corrected chi connectivity index (χ2v) is 5.38. The number of halogens is 3. The average molecular weight is 364 g/mol. The lowest BCUT2D eigenvalue weighted by Crippen LogP contribution is -2.17. The Kier molecular flexibility index (Phi) is 5.01. The number of anilines is 1. The van der Waals surface area contributed by atoms with Gasteiger partial charge in [0.05, 0.1) is 12.2 Å². The number of pyridine rings is 1. The molecule has 0 atom stereocenters. The van der Waals surface area contributed by atoms with E-state index in [2.05, 4.69) is 25.8 Å². The van der Waals surface area contributed by atoms with Crippen molar-refractivity contribution < 1.29 is 17.9 Å². The number of nitrogens with zero attached hydrogens (tertiary/aromatic N) is 5. The second-order valence-electron chi connectivity index (χ2n) is 5.38. The number of hydrogen-bond acceptors (Lipinski definition) is 6. The lowest BCUT2D eigenvalue weighted by molar-refractivity contribution is -0.139. The maximum Gasteiger partial charge on any atom is 0.421 e. The quantitative estimate of drug-likeness (QED) is 0.678. The molecule has 2 aromatic heterocycles. The van der Waals surface area contributed by atoms with E-state index in [1.807, 2.05) is 31.2 Å². The molecule has 3 aromatic rings. The largest absolute Gasteiger partial charge is 0.475 e. The number of ether oxygens (including phenoxy) is 1. The zero-order valence-corrected chi connectivity index (χ0v) is 13.7. The smallest absolute Gasteiger partial charge is 0.421 e. The van der Waals surface area contributed by atoms with E-state index >= 15 is 0 Å². The van der Waals surface area contributed by atoms with E-state index in [0.717, 1.165) is 17.3 Å². The highest BCUT2D eigenvalue weighted by atomic mass is 19.4. The van der Waals surface area contributed by atoms with Gasteiger partial charge in [-0.05, 0) is 41.6 Å². The summed E-state index contributed by atoms with van der Waals surface area (Å²) < 4.78 is 45.3. The number of rotatable bonds is 6. The Balaban J connectivity index is 1.61. The molecule has 0 spiro atoms. The van der Waals surface area contributed by atoms with Crippen LogP contribution >= 0.6 is 0 Å². The van der Waals surface area contributed by atoms with Crippen molar-refractivity contribution in [3.8, 4) is 11.6 Å². The molecule has 0 saturated heterocycles. The van der Waals surface area contributed by atoms with Crippen LogP contribution in [0.3, 0.4) is 0 Å². The minimum atomic E-state index is -4.52. The molecule has 0 saturated carbocycles. The van der Waals surface area contributed by atoms with E-state index in [1.54, 1.807) is 0 Å². The van der Waals surface area contributed by atoms with Gasteiger partial charge in [0, 0.05) is 6.20 Å². The first-order chi connectivity index (χ1) is 12.4. The van der Waals surface area contributed by atoms with Gasteiger partial charge in [-0.1, -0.05) is 22.8 Å². The zero-order valence-electron chi connectivity index (χ0n) is 13.7. The standard InChI is InChI=1S/C16H15F3N6O/c1-11-4-6-12(7-5-11)25-15(22-23-24-25)21-9-10-26-14-13(16(17,18)19)3-2-8-20-14/h2-8H,9-10H2,1H3,(H,21,22,24). The molecule has 7 nitrogen and oxygen atoms in total. The van der Waals surface area contributed by atoms with Gasteiger partial charge in [-0.2, -0.15) is 17.9 Å². The van der Waals surface area contributed by atoms with Gasteiger partial charge in [0.25, 0.3) is 0 Å². The summed E-state index contributed by atoms with van der Waals surface area (Å²) in [6, 6.07) is 9.69. The van der Waals surface area contributed by atoms with Gasteiger partial charge in [0.15, 0.2) is 0 Å². The monoisotopic (exact) mass is 364 g/mol. The van der Waals surface area contributed by atoms with Gasteiger partial charge in [0.2, 0.25) is 11.8 Å². The van der Waals surface area contributed by atoms with Crippen LogP contribution in [0.2, 0.25) is 0 Å². The normalized spacial score (nSPS) is 11.4. The number of aryl methyl sites for hydroxylation is 1. The molecule has 0 radical (unpaired) electrons. The predicted octanol–water partition coefficient (Wildman–Crippen LogP) is 2.88. The summed E-state index contributed by atoms with van der Waals surface area (Å²) in [5.74, 6) is -0.102. The van der Waals surface area contributed by atoms with Gasteiger partial charge in [-0.3, -0.25) is 0 Å². The molecule has 1 aromatic carbocycles. The molecular formula is C16H15F3N6O. The van der Waals surface area contributed by atoms with Crippen molar-refractivity contribution in [2.45, 2.75) is 13.1 Å². The third-order valence-electron chi connectivity index (χ3n) is 3.45. The molecule has 0 unspecified atom stereocenters. The number of alkyl halides is 3. The number of tetrazole rings is 1. The molecule has 0 aliphatic carbocycles. The van der Waals surface area contributed by atoms with Crippen molar-refractivity contribution in [2.24, 2.45) is 0 Å².